The molecule has 0 radical (unpaired) electrons. The molecule has 0 spiro atoms. The molecule has 1 aliphatic heterocycles. The van der Waals surface area contributed by atoms with Crippen LogP contribution in [0.2, 0.25) is 0 Å². The maximum Gasteiger partial charge on any atom is 0.289 e. The predicted octanol–water partition coefficient (Wildman–Crippen LogP) is 1.74. The van der Waals surface area contributed by atoms with Crippen LogP contribution in [0.3, 0.4) is 0 Å². The van der Waals surface area contributed by atoms with Gasteiger partial charge in [-0.2, -0.15) is 8.42 Å². The molecule has 0 saturated carbocycles. The molecule has 9 heteroatoms. The number of guanidine groups is 1. The van der Waals surface area contributed by atoms with E-state index in [1.807, 2.05) is 0 Å². The second-order valence-corrected chi connectivity index (χ2v) is 6.86. The van der Waals surface area contributed by atoms with E-state index in [1.54, 1.807) is 24.3 Å². The van der Waals surface area contributed by atoms with Crippen molar-refractivity contribution in [3.05, 3.63) is 52.8 Å². The average Bonchev–Trinajstić information content (AvgIpc) is 2.47. The van der Waals surface area contributed by atoms with Gasteiger partial charge < -0.3 is 5.32 Å². The minimum atomic E-state index is -3.89. The van der Waals surface area contributed by atoms with Crippen molar-refractivity contribution in [1.82, 2.24) is 10.3 Å². The van der Waals surface area contributed by atoms with Gasteiger partial charge in [-0.25, -0.2) is 0 Å². The first-order valence-electron chi connectivity index (χ1n) is 6.09. The van der Waals surface area contributed by atoms with Gasteiger partial charge >= 0.3 is 0 Å². The zero-order chi connectivity index (χ0) is 15.7. The van der Waals surface area contributed by atoms with Crippen molar-refractivity contribution in [2.24, 2.45) is 4.40 Å². The molecule has 1 aromatic carbocycles. The highest BCUT2D eigenvalue weighted by atomic mass is 79.9. The molecule has 2 aromatic rings. The summed E-state index contributed by atoms with van der Waals surface area (Å²) in [7, 11) is -3.89. The summed E-state index contributed by atoms with van der Waals surface area (Å²) in [6.07, 6.45) is 2.65. The number of sulfonamides is 1. The summed E-state index contributed by atoms with van der Waals surface area (Å²) in [5.41, 5.74) is 0.696. The van der Waals surface area contributed by atoms with E-state index >= 15 is 0 Å². The lowest BCUT2D eigenvalue weighted by Gasteiger charge is -2.17. The molecule has 0 fully saturated rings. The summed E-state index contributed by atoms with van der Waals surface area (Å²) in [6.45, 7) is 0. The van der Waals surface area contributed by atoms with Gasteiger partial charge in [0.15, 0.2) is 0 Å². The van der Waals surface area contributed by atoms with E-state index in [1.165, 1.54) is 18.5 Å². The normalized spacial score (nSPS) is 15.2. The molecule has 1 amide bonds. The van der Waals surface area contributed by atoms with Gasteiger partial charge in [0.1, 0.15) is 4.90 Å². The number of carbonyl (C=O) groups is 1. The molecule has 0 atom stereocenters. The van der Waals surface area contributed by atoms with Crippen LogP contribution >= 0.6 is 15.9 Å². The first-order chi connectivity index (χ1) is 10.5. The number of pyridine rings is 1. The Morgan fingerprint density at radius 3 is 2.64 bits per heavy atom. The standard InChI is InChI=1S/C13H9BrN4O3S/c14-9-3-1-8(2-4-9)12(19)17-13-16-10-5-6-15-7-11(10)22(20,21)18-13/h1-7H,(H2,16,17,18,19). The van der Waals surface area contributed by atoms with Gasteiger partial charge in [0.25, 0.3) is 15.9 Å². The van der Waals surface area contributed by atoms with Crippen LogP contribution in [0.1, 0.15) is 10.4 Å². The number of benzene rings is 1. The van der Waals surface area contributed by atoms with E-state index in [4.69, 9.17) is 0 Å². The van der Waals surface area contributed by atoms with Gasteiger partial charge in [0.05, 0.1) is 5.69 Å². The second kappa shape index (κ2) is 5.50. The van der Waals surface area contributed by atoms with Gasteiger partial charge in [-0.05, 0) is 30.3 Å². The number of halogens is 1. The molecule has 22 heavy (non-hydrogen) atoms. The largest absolute Gasteiger partial charge is 0.324 e. The van der Waals surface area contributed by atoms with E-state index in [9.17, 15) is 13.2 Å². The fraction of sp³-hybridized carbons (Fsp3) is 0. The maximum absolute atomic E-state index is 12.1. The van der Waals surface area contributed by atoms with Crippen LogP contribution in [-0.2, 0) is 10.0 Å². The minimum Gasteiger partial charge on any atom is -0.324 e. The number of hydrogen-bond acceptors (Lipinski definition) is 5. The van der Waals surface area contributed by atoms with Crippen LogP contribution in [0.5, 0.6) is 0 Å². The van der Waals surface area contributed by atoms with E-state index in [2.05, 4.69) is 35.9 Å². The SMILES string of the molecule is O=C(NC1=NS(=O)(=O)c2cnccc2N1)c1ccc(Br)cc1. The minimum absolute atomic E-state index is 0.0309. The van der Waals surface area contributed by atoms with Crippen LogP contribution in [0.15, 0.2) is 56.5 Å². The van der Waals surface area contributed by atoms with Crippen LogP contribution < -0.4 is 10.6 Å². The van der Waals surface area contributed by atoms with Gasteiger partial charge in [0.2, 0.25) is 5.96 Å². The van der Waals surface area contributed by atoms with Crippen molar-refractivity contribution in [3.63, 3.8) is 0 Å². The Morgan fingerprint density at radius 2 is 1.91 bits per heavy atom. The third kappa shape index (κ3) is 2.85. The van der Waals surface area contributed by atoms with Crippen LogP contribution in [0.4, 0.5) is 5.69 Å². The summed E-state index contributed by atoms with van der Waals surface area (Å²) >= 11 is 3.27. The number of aromatic nitrogens is 1. The molecular weight excluding hydrogens is 372 g/mol. The zero-order valence-electron chi connectivity index (χ0n) is 10.9. The van der Waals surface area contributed by atoms with Gasteiger partial charge in [0, 0.05) is 22.4 Å². The molecule has 0 aliphatic carbocycles. The molecular formula is C13H9BrN4O3S. The number of nitrogens with zero attached hydrogens (tertiary/aromatic N) is 2. The zero-order valence-corrected chi connectivity index (χ0v) is 13.3. The molecule has 2 heterocycles. The van der Waals surface area contributed by atoms with Crippen LogP contribution in [-0.4, -0.2) is 25.3 Å². The number of anilines is 1. The van der Waals surface area contributed by atoms with Crippen molar-refractivity contribution in [3.8, 4) is 0 Å². The smallest absolute Gasteiger partial charge is 0.289 e. The molecule has 7 nitrogen and oxygen atoms in total. The highest BCUT2D eigenvalue weighted by molar-refractivity contribution is 9.10. The molecule has 0 unspecified atom stereocenters. The van der Waals surface area contributed by atoms with Crippen molar-refractivity contribution in [2.45, 2.75) is 4.90 Å². The Bertz CT molecular complexity index is 878. The summed E-state index contributed by atoms with van der Waals surface area (Å²) in [4.78, 5) is 15.8. The highest BCUT2D eigenvalue weighted by Crippen LogP contribution is 2.25. The van der Waals surface area contributed by atoms with E-state index < -0.39 is 15.9 Å². The Labute approximate surface area is 134 Å². The molecule has 1 aromatic heterocycles. The monoisotopic (exact) mass is 380 g/mol. The number of fused-ring (bicyclic) bond motifs is 1. The molecule has 0 bridgehead atoms. The first-order valence-corrected chi connectivity index (χ1v) is 8.32. The van der Waals surface area contributed by atoms with E-state index in [-0.39, 0.29) is 10.9 Å². The van der Waals surface area contributed by atoms with Crippen molar-refractivity contribution < 1.29 is 13.2 Å². The third-order valence-electron chi connectivity index (χ3n) is 2.87. The fourth-order valence-electron chi connectivity index (χ4n) is 1.84. The first kappa shape index (κ1) is 14.7. The quantitative estimate of drug-likeness (QED) is 0.784. The van der Waals surface area contributed by atoms with Crippen molar-refractivity contribution >= 4 is 43.5 Å². The predicted molar refractivity (Wildman–Crippen MR) is 84.1 cm³/mol. The van der Waals surface area contributed by atoms with E-state index in [0.717, 1.165) is 4.47 Å². The van der Waals surface area contributed by atoms with Gasteiger partial charge in [-0.1, -0.05) is 15.9 Å². The lowest BCUT2D eigenvalue weighted by Crippen LogP contribution is -2.38. The van der Waals surface area contributed by atoms with Crippen molar-refractivity contribution in [2.75, 3.05) is 5.32 Å². The van der Waals surface area contributed by atoms with Gasteiger partial charge in [-0.15, -0.1) is 4.40 Å². The number of hydrogen-bond donors (Lipinski definition) is 2. The van der Waals surface area contributed by atoms with Crippen LogP contribution in [0.25, 0.3) is 0 Å². The summed E-state index contributed by atoms with van der Waals surface area (Å²) < 4.78 is 28.4. The topological polar surface area (TPSA) is 101 Å². The third-order valence-corrected chi connectivity index (χ3v) is 4.70. The fourth-order valence-corrected chi connectivity index (χ4v) is 3.13. The highest BCUT2D eigenvalue weighted by Gasteiger charge is 2.25. The lowest BCUT2D eigenvalue weighted by molar-refractivity contribution is 0.0977. The Balaban J connectivity index is 1.87. The lowest BCUT2D eigenvalue weighted by atomic mass is 10.2. The number of carbonyl (C=O) groups excluding carboxylic acids is 1. The maximum atomic E-state index is 12.1. The summed E-state index contributed by atoms with van der Waals surface area (Å²) in [5.74, 6) is -0.613. The summed E-state index contributed by atoms with van der Waals surface area (Å²) in [5, 5.41) is 5.19. The number of rotatable bonds is 1. The molecule has 3 rings (SSSR count). The Morgan fingerprint density at radius 1 is 1.18 bits per heavy atom. The van der Waals surface area contributed by atoms with Crippen molar-refractivity contribution in [1.29, 1.82) is 0 Å². The van der Waals surface area contributed by atoms with Crippen LogP contribution in [0, 0.1) is 0 Å². The molecule has 112 valence electrons. The second-order valence-electron chi connectivity index (χ2n) is 4.37. The average molecular weight is 381 g/mol. The molecule has 1 aliphatic rings. The number of amides is 1. The molecule has 0 saturated heterocycles. The van der Waals surface area contributed by atoms with E-state index in [0.29, 0.717) is 11.3 Å². The Kier molecular flexibility index (Phi) is 3.67. The summed E-state index contributed by atoms with van der Waals surface area (Å²) in [6, 6.07) is 8.13. The number of nitrogens with one attached hydrogen (secondary N) is 2. The Hall–Kier alpha value is -2.26. The molecule has 2 N–H and O–H groups in total. The van der Waals surface area contributed by atoms with Gasteiger partial charge in [-0.3, -0.25) is 15.1 Å².